The molecule has 0 saturated carbocycles. The topological polar surface area (TPSA) is 89.5 Å². The number of piperidine rings is 1. The maximum Gasteiger partial charge on any atom is 0.262 e. The van der Waals surface area contributed by atoms with E-state index in [2.05, 4.69) is 15.2 Å². The lowest BCUT2D eigenvalue weighted by atomic mass is 9.96. The van der Waals surface area contributed by atoms with Crippen molar-refractivity contribution in [1.29, 1.82) is 0 Å². The third-order valence-electron chi connectivity index (χ3n) is 6.59. The van der Waals surface area contributed by atoms with E-state index in [-0.39, 0.29) is 17.4 Å². The Labute approximate surface area is 208 Å². The number of rotatable bonds is 6. The number of pyridine rings is 1. The summed E-state index contributed by atoms with van der Waals surface area (Å²) in [5.74, 6) is 1.13. The van der Waals surface area contributed by atoms with Crippen LogP contribution in [-0.4, -0.2) is 47.6 Å². The first-order chi connectivity index (χ1) is 17.0. The molecule has 0 bridgehead atoms. The van der Waals surface area contributed by atoms with Gasteiger partial charge in [0.1, 0.15) is 5.82 Å². The van der Waals surface area contributed by atoms with E-state index < -0.39 is 0 Å². The first-order valence-corrected chi connectivity index (χ1v) is 12.4. The van der Waals surface area contributed by atoms with Crippen LogP contribution in [0.2, 0.25) is 0 Å². The van der Waals surface area contributed by atoms with E-state index in [4.69, 9.17) is 17.3 Å². The third-order valence-corrected chi connectivity index (χ3v) is 6.98. The fourth-order valence-corrected chi connectivity index (χ4v) is 5.02. The number of nitrogens with zero attached hydrogens (tertiary/aromatic N) is 6. The minimum atomic E-state index is -0.0544. The molecule has 1 saturated heterocycles. The molecular formula is C25H29N7O2S. The van der Waals surface area contributed by atoms with Crippen molar-refractivity contribution in [2.75, 3.05) is 18.4 Å². The van der Waals surface area contributed by atoms with Crippen LogP contribution in [0.1, 0.15) is 31.7 Å². The Morgan fingerprint density at radius 3 is 2.71 bits per heavy atom. The van der Waals surface area contributed by atoms with Crippen LogP contribution >= 0.6 is 12.2 Å². The molecule has 1 amide bonds. The highest BCUT2D eigenvalue weighted by Gasteiger charge is 2.26. The van der Waals surface area contributed by atoms with E-state index in [1.54, 1.807) is 15.4 Å². The van der Waals surface area contributed by atoms with Crippen LogP contribution in [0.3, 0.4) is 0 Å². The Morgan fingerprint density at radius 2 is 1.97 bits per heavy atom. The molecule has 1 aromatic carbocycles. The minimum Gasteiger partial charge on any atom is -0.310 e. The predicted molar refractivity (Wildman–Crippen MR) is 138 cm³/mol. The zero-order valence-corrected chi connectivity index (χ0v) is 20.8. The van der Waals surface area contributed by atoms with Gasteiger partial charge in [-0.15, -0.1) is 5.10 Å². The van der Waals surface area contributed by atoms with E-state index in [0.29, 0.717) is 35.0 Å². The van der Waals surface area contributed by atoms with Crippen molar-refractivity contribution in [3.63, 3.8) is 0 Å². The second kappa shape index (κ2) is 9.71. The lowest BCUT2D eigenvalue weighted by Crippen LogP contribution is -2.39. The molecule has 35 heavy (non-hydrogen) atoms. The summed E-state index contributed by atoms with van der Waals surface area (Å²) in [5, 5.41) is 8.35. The van der Waals surface area contributed by atoms with E-state index in [0.717, 1.165) is 43.4 Å². The number of carbonyl (C=O) groups excluding carboxylic acids is 1. The van der Waals surface area contributed by atoms with Crippen molar-refractivity contribution >= 4 is 40.6 Å². The first-order valence-electron chi connectivity index (χ1n) is 12.0. The van der Waals surface area contributed by atoms with E-state index in [1.807, 2.05) is 54.6 Å². The summed E-state index contributed by atoms with van der Waals surface area (Å²) in [4.78, 5) is 32.3. The van der Waals surface area contributed by atoms with Gasteiger partial charge in [-0.1, -0.05) is 19.1 Å². The van der Waals surface area contributed by atoms with Gasteiger partial charge < -0.3 is 5.32 Å². The number of hydrogen-bond acceptors (Lipinski definition) is 6. The standard InChI is InChI=1S/C25H29N7O2S/c1-3-12-30-23(34)19-6-4-5-7-20(19)32-24(30)28-31(25(32)35)16-29-13-9-18(10-14-29)22(33)27-21-15-17(2)8-11-26-21/h4-8,11,15,18H,3,9-10,12-14,16H2,1-2H3,(H,26,27,33). The predicted octanol–water partition coefficient (Wildman–Crippen LogP) is 3.60. The lowest BCUT2D eigenvalue weighted by molar-refractivity contribution is -0.121. The van der Waals surface area contributed by atoms with Gasteiger partial charge >= 0.3 is 0 Å². The van der Waals surface area contributed by atoms with Crippen LogP contribution in [0.15, 0.2) is 47.4 Å². The Morgan fingerprint density at radius 1 is 1.20 bits per heavy atom. The van der Waals surface area contributed by atoms with Crippen LogP contribution in [-0.2, 0) is 18.0 Å². The van der Waals surface area contributed by atoms with Crippen LogP contribution in [0.4, 0.5) is 5.82 Å². The molecule has 0 aliphatic carbocycles. The Hall–Kier alpha value is -3.37. The van der Waals surface area contributed by atoms with Crippen molar-refractivity contribution in [2.24, 2.45) is 5.92 Å². The van der Waals surface area contributed by atoms with Crippen LogP contribution < -0.4 is 10.9 Å². The van der Waals surface area contributed by atoms with Gasteiger partial charge in [-0.25, -0.2) is 9.67 Å². The summed E-state index contributed by atoms with van der Waals surface area (Å²) < 4.78 is 5.97. The molecule has 3 aromatic heterocycles. The summed E-state index contributed by atoms with van der Waals surface area (Å²) >= 11 is 5.81. The highest BCUT2D eigenvalue weighted by atomic mass is 32.1. The molecule has 0 unspecified atom stereocenters. The van der Waals surface area contributed by atoms with E-state index in [9.17, 15) is 9.59 Å². The number of aryl methyl sites for hydroxylation is 2. The molecule has 4 aromatic rings. The number of nitrogens with one attached hydrogen (secondary N) is 1. The van der Waals surface area contributed by atoms with Crippen molar-refractivity contribution in [3.8, 4) is 0 Å². The smallest absolute Gasteiger partial charge is 0.262 e. The van der Waals surface area contributed by atoms with Crippen LogP contribution in [0.5, 0.6) is 0 Å². The van der Waals surface area contributed by atoms with Crippen LogP contribution in [0.25, 0.3) is 16.7 Å². The van der Waals surface area contributed by atoms with Crippen molar-refractivity contribution in [2.45, 2.75) is 46.3 Å². The van der Waals surface area contributed by atoms with Crippen molar-refractivity contribution < 1.29 is 4.79 Å². The maximum atomic E-state index is 13.1. The Kier molecular flexibility index (Phi) is 6.48. The van der Waals surface area contributed by atoms with Gasteiger partial charge in [0.15, 0.2) is 0 Å². The molecule has 5 rings (SSSR count). The molecule has 1 N–H and O–H groups in total. The summed E-state index contributed by atoms with van der Waals surface area (Å²) in [5.41, 5.74) is 1.79. The summed E-state index contributed by atoms with van der Waals surface area (Å²) in [6.45, 7) is 6.64. The number of hydrogen-bond donors (Lipinski definition) is 1. The van der Waals surface area contributed by atoms with Gasteiger partial charge in [-0.3, -0.25) is 23.5 Å². The maximum absolute atomic E-state index is 13.1. The molecule has 1 aliphatic heterocycles. The normalized spacial score (nSPS) is 15.1. The molecule has 0 atom stereocenters. The molecule has 10 heteroatoms. The molecule has 9 nitrogen and oxygen atoms in total. The second-order valence-electron chi connectivity index (χ2n) is 9.13. The summed E-state index contributed by atoms with van der Waals surface area (Å²) in [7, 11) is 0. The highest BCUT2D eigenvalue weighted by Crippen LogP contribution is 2.21. The first kappa shape index (κ1) is 23.4. The second-order valence-corrected chi connectivity index (χ2v) is 9.50. The number of fused-ring (bicyclic) bond motifs is 3. The molecule has 1 fully saturated rings. The number of anilines is 1. The minimum absolute atomic E-state index is 0.0159. The Bertz CT molecular complexity index is 1510. The number of carbonyl (C=O) groups is 1. The van der Waals surface area contributed by atoms with Crippen molar-refractivity contribution in [1.82, 2.24) is 28.6 Å². The van der Waals surface area contributed by atoms with Gasteiger partial charge in [0.2, 0.25) is 16.5 Å². The van der Waals surface area contributed by atoms with E-state index in [1.165, 1.54) is 0 Å². The molecule has 4 heterocycles. The number of para-hydroxylation sites is 1. The molecule has 182 valence electrons. The quantitative estimate of drug-likeness (QED) is 0.415. The number of aromatic nitrogens is 5. The van der Waals surface area contributed by atoms with Gasteiger partial charge in [0, 0.05) is 31.7 Å². The zero-order chi connectivity index (χ0) is 24.5. The van der Waals surface area contributed by atoms with Crippen molar-refractivity contribution in [3.05, 3.63) is 63.3 Å². The van der Waals surface area contributed by atoms with Gasteiger partial charge in [0.05, 0.1) is 17.6 Å². The average Bonchev–Trinajstić information content (AvgIpc) is 3.18. The van der Waals surface area contributed by atoms with Gasteiger partial charge in [-0.05, 0) is 68.2 Å². The largest absolute Gasteiger partial charge is 0.310 e. The SMILES string of the molecule is CCCn1c(=O)c2ccccc2n2c(=S)n(CN3CCC(C(=O)Nc4cc(C)ccn4)CC3)nc12. The van der Waals surface area contributed by atoms with E-state index >= 15 is 0 Å². The number of benzene rings is 1. The zero-order valence-electron chi connectivity index (χ0n) is 20.0. The Balaban J connectivity index is 1.34. The van der Waals surface area contributed by atoms with Gasteiger partial charge in [0.25, 0.3) is 5.56 Å². The molecule has 0 radical (unpaired) electrons. The fraction of sp³-hybridized carbons (Fsp3) is 0.400. The number of amides is 1. The summed E-state index contributed by atoms with van der Waals surface area (Å²) in [6, 6.07) is 11.3. The highest BCUT2D eigenvalue weighted by molar-refractivity contribution is 7.71. The monoisotopic (exact) mass is 491 g/mol. The number of likely N-dealkylation sites (tertiary alicyclic amines) is 1. The molecule has 0 spiro atoms. The average molecular weight is 492 g/mol. The third kappa shape index (κ3) is 4.51. The lowest BCUT2D eigenvalue weighted by Gasteiger charge is -2.30. The molecule has 1 aliphatic rings. The van der Waals surface area contributed by atoms with Gasteiger partial charge in [-0.2, -0.15) is 0 Å². The van der Waals surface area contributed by atoms with Crippen LogP contribution in [0, 0.1) is 17.6 Å². The fourth-order valence-electron chi connectivity index (χ4n) is 4.74. The molecular weight excluding hydrogens is 462 g/mol. The summed E-state index contributed by atoms with van der Waals surface area (Å²) in [6.07, 6.45) is 4.03.